The molecule has 1 atom stereocenters. The number of piperidine rings is 1. The first-order valence-electron chi connectivity index (χ1n) is 6.38. The highest BCUT2D eigenvalue weighted by molar-refractivity contribution is 5.88. The van der Waals surface area contributed by atoms with E-state index in [1.165, 1.54) is 6.92 Å². The van der Waals surface area contributed by atoms with Crippen molar-refractivity contribution in [1.82, 2.24) is 15.5 Å². The summed E-state index contributed by atoms with van der Waals surface area (Å²) < 4.78 is 0. The number of hydrogen-bond donors (Lipinski definition) is 3. The lowest BCUT2D eigenvalue weighted by Gasteiger charge is -2.27. The molecular formula is C12H21N3O4. The Morgan fingerprint density at radius 3 is 2.42 bits per heavy atom. The van der Waals surface area contributed by atoms with Crippen LogP contribution in [0.5, 0.6) is 0 Å². The third-order valence-corrected chi connectivity index (χ3v) is 3.26. The molecule has 0 spiro atoms. The number of likely N-dealkylation sites (tertiary alicyclic amines) is 1. The topological polar surface area (TPSA) is 98.7 Å². The first kappa shape index (κ1) is 15.4. The van der Waals surface area contributed by atoms with E-state index < -0.39 is 17.9 Å². The van der Waals surface area contributed by atoms with Gasteiger partial charge in [-0.05, 0) is 39.9 Å². The van der Waals surface area contributed by atoms with E-state index in [1.807, 2.05) is 7.05 Å². The zero-order chi connectivity index (χ0) is 14.4. The van der Waals surface area contributed by atoms with Crippen molar-refractivity contribution in [2.75, 3.05) is 26.7 Å². The first-order valence-corrected chi connectivity index (χ1v) is 6.38. The van der Waals surface area contributed by atoms with Crippen molar-refractivity contribution in [3.05, 3.63) is 0 Å². The van der Waals surface area contributed by atoms with E-state index in [9.17, 15) is 14.4 Å². The number of hydrogen-bond acceptors (Lipinski definition) is 4. The van der Waals surface area contributed by atoms with Crippen molar-refractivity contribution < 1.29 is 19.5 Å². The zero-order valence-electron chi connectivity index (χ0n) is 11.3. The maximum atomic E-state index is 11.8. The highest BCUT2D eigenvalue weighted by atomic mass is 16.4. The van der Waals surface area contributed by atoms with Gasteiger partial charge in [-0.2, -0.15) is 0 Å². The molecule has 0 radical (unpaired) electrons. The van der Waals surface area contributed by atoms with Gasteiger partial charge in [-0.25, -0.2) is 0 Å². The molecule has 0 saturated carbocycles. The number of nitrogens with one attached hydrogen (secondary N) is 2. The summed E-state index contributed by atoms with van der Waals surface area (Å²) in [5, 5.41) is 13.5. The summed E-state index contributed by atoms with van der Waals surface area (Å²) in [7, 11) is 2.01. The van der Waals surface area contributed by atoms with Gasteiger partial charge in [0.2, 0.25) is 11.8 Å². The second kappa shape index (κ2) is 7.08. The van der Waals surface area contributed by atoms with Crippen LogP contribution in [0.15, 0.2) is 0 Å². The van der Waals surface area contributed by atoms with Gasteiger partial charge in [-0.15, -0.1) is 0 Å². The summed E-state index contributed by atoms with van der Waals surface area (Å²) in [5.74, 6) is -1.78. The molecule has 7 heteroatoms. The Hall–Kier alpha value is -1.63. The Kier molecular flexibility index (Phi) is 5.75. The quantitative estimate of drug-likeness (QED) is 0.598. The number of carbonyl (C=O) groups excluding carboxylic acids is 2. The highest BCUT2D eigenvalue weighted by Crippen LogP contribution is 2.15. The molecule has 2 amide bonds. The monoisotopic (exact) mass is 271 g/mol. The molecule has 1 unspecified atom stereocenters. The van der Waals surface area contributed by atoms with Crippen LogP contribution in [0, 0.1) is 5.92 Å². The molecular weight excluding hydrogens is 250 g/mol. The standard InChI is InChI=1S/C12H21N3O4/c1-8(12(18)19)14-10(16)7-13-11(17)9-3-5-15(2)6-4-9/h8-9H,3-7H2,1-2H3,(H,13,17)(H,14,16)(H,18,19). The van der Waals surface area contributed by atoms with Crippen molar-refractivity contribution in [2.24, 2.45) is 5.92 Å². The number of aliphatic carboxylic acids is 1. The van der Waals surface area contributed by atoms with Gasteiger partial charge in [-0.1, -0.05) is 0 Å². The molecule has 1 rings (SSSR count). The lowest BCUT2D eigenvalue weighted by atomic mass is 9.96. The van der Waals surface area contributed by atoms with E-state index in [0.29, 0.717) is 0 Å². The maximum absolute atomic E-state index is 11.8. The SMILES string of the molecule is CC(NC(=O)CNC(=O)C1CCN(C)CC1)C(=O)O. The summed E-state index contributed by atoms with van der Waals surface area (Å²) in [5.41, 5.74) is 0. The largest absolute Gasteiger partial charge is 0.480 e. The lowest BCUT2D eigenvalue weighted by molar-refractivity contribution is -0.141. The van der Waals surface area contributed by atoms with Crippen LogP contribution in [0.4, 0.5) is 0 Å². The molecule has 1 fully saturated rings. The minimum Gasteiger partial charge on any atom is -0.480 e. The van der Waals surface area contributed by atoms with Crippen LogP contribution in [0.2, 0.25) is 0 Å². The van der Waals surface area contributed by atoms with Crippen molar-refractivity contribution in [3.8, 4) is 0 Å². The zero-order valence-corrected chi connectivity index (χ0v) is 11.3. The second-order valence-electron chi connectivity index (χ2n) is 4.92. The minimum atomic E-state index is -1.10. The van der Waals surface area contributed by atoms with E-state index >= 15 is 0 Å². The molecule has 7 nitrogen and oxygen atoms in total. The summed E-state index contributed by atoms with van der Waals surface area (Å²) in [6, 6.07) is -0.951. The normalized spacial score (nSPS) is 18.6. The fraction of sp³-hybridized carbons (Fsp3) is 0.750. The fourth-order valence-corrected chi connectivity index (χ4v) is 1.94. The van der Waals surface area contributed by atoms with Gasteiger partial charge in [0.05, 0.1) is 6.54 Å². The average Bonchev–Trinajstić information content (AvgIpc) is 2.36. The predicted molar refractivity (Wildman–Crippen MR) is 68.5 cm³/mol. The molecule has 0 aromatic heterocycles. The molecule has 0 aromatic carbocycles. The second-order valence-corrected chi connectivity index (χ2v) is 4.92. The van der Waals surface area contributed by atoms with Gasteiger partial charge in [0.25, 0.3) is 0 Å². The van der Waals surface area contributed by atoms with Gasteiger partial charge in [-0.3, -0.25) is 14.4 Å². The van der Waals surface area contributed by atoms with Crippen LogP contribution >= 0.6 is 0 Å². The first-order chi connectivity index (χ1) is 8.90. The van der Waals surface area contributed by atoms with Crippen molar-refractivity contribution in [2.45, 2.75) is 25.8 Å². The number of rotatable bonds is 5. The van der Waals surface area contributed by atoms with Crippen LogP contribution in [-0.4, -0.2) is 60.5 Å². The van der Waals surface area contributed by atoms with Crippen LogP contribution in [0.3, 0.4) is 0 Å². The molecule has 1 heterocycles. The molecule has 1 aliphatic heterocycles. The number of nitrogens with zero attached hydrogens (tertiary/aromatic N) is 1. The Bertz CT molecular complexity index is 351. The van der Waals surface area contributed by atoms with Crippen molar-refractivity contribution >= 4 is 17.8 Å². The van der Waals surface area contributed by atoms with Gasteiger partial charge in [0, 0.05) is 5.92 Å². The molecule has 108 valence electrons. The van der Waals surface area contributed by atoms with Crippen LogP contribution in [0.1, 0.15) is 19.8 Å². The number of carboxylic acids is 1. The molecule has 1 saturated heterocycles. The maximum Gasteiger partial charge on any atom is 0.325 e. The number of carboxylic acid groups (broad SMARTS) is 1. The van der Waals surface area contributed by atoms with E-state index in [-0.39, 0.29) is 18.4 Å². The smallest absolute Gasteiger partial charge is 0.325 e. The van der Waals surface area contributed by atoms with Crippen molar-refractivity contribution in [1.29, 1.82) is 0 Å². The molecule has 0 aliphatic carbocycles. The summed E-state index contributed by atoms with van der Waals surface area (Å²) >= 11 is 0. The average molecular weight is 271 g/mol. The summed E-state index contributed by atoms with van der Waals surface area (Å²) in [6.45, 7) is 2.95. The van der Waals surface area contributed by atoms with Gasteiger partial charge < -0.3 is 20.6 Å². The molecule has 0 aromatic rings. The minimum absolute atomic E-state index is 0.0547. The van der Waals surface area contributed by atoms with E-state index in [1.54, 1.807) is 0 Å². The van der Waals surface area contributed by atoms with Gasteiger partial charge in [0.1, 0.15) is 6.04 Å². The summed E-state index contributed by atoms with van der Waals surface area (Å²) in [6.07, 6.45) is 1.57. The predicted octanol–water partition coefficient (Wildman–Crippen LogP) is -0.966. The number of carbonyl (C=O) groups is 3. The van der Waals surface area contributed by atoms with Gasteiger partial charge >= 0.3 is 5.97 Å². The molecule has 1 aliphatic rings. The van der Waals surface area contributed by atoms with Crippen LogP contribution in [-0.2, 0) is 14.4 Å². The third-order valence-electron chi connectivity index (χ3n) is 3.26. The summed E-state index contributed by atoms with van der Waals surface area (Å²) in [4.78, 5) is 35.9. The Morgan fingerprint density at radius 2 is 1.89 bits per heavy atom. The Balaban J connectivity index is 2.26. The Labute approximate surface area is 112 Å². The van der Waals surface area contributed by atoms with Crippen molar-refractivity contribution in [3.63, 3.8) is 0 Å². The van der Waals surface area contributed by atoms with Crippen LogP contribution < -0.4 is 10.6 Å². The number of amides is 2. The molecule has 3 N–H and O–H groups in total. The lowest BCUT2D eigenvalue weighted by Crippen LogP contribution is -2.46. The third kappa shape index (κ3) is 5.25. The van der Waals surface area contributed by atoms with Crippen LogP contribution in [0.25, 0.3) is 0 Å². The fourth-order valence-electron chi connectivity index (χ4n) is 1.94. The molecule has 0 bridgehead atoms. The Morgan fingerprint density at radius 1 is 1.32 bits per heavy atom. The molecule has 19 heavy (non-hydrogen) atoms. The highest BCUT2D eigenvalue weighted by Gasteiger charge is 2.23. The van der Waals surface area contributed by atoms with E-state index in [0.717, 1.165) is 25.9 Å². The van der Waals surface area contributed by atoms with E-state index in [2.05, 4.69) is 15.5 Å². The van der Waals surface area contributed by atoms with Gasteiger partial charge in [0.15, 0.2) is 0 Å². The van der Waals surface area contributed by atoms with E-state index in [4.69, 9.17) is 5.11 Å².